The number of hydrogen-bond donors (Lipinski definition) is 2. The summed E-state index contributed by atoms with van der Waals surface area (Å²) in [5.41, 5.74) is 7.28. The predicted molar refractivity (Wildman–Crippen MR) is 80.8 cm³/mol. The lowest BCUT2D eigenvalue weighted by atomic mass is 9.86. The molecule has 3 heteroatoms. The lowest BCUT2D eigenvalue weighted by Gasteiger charge is -2.26. The van der Waals surface area contributed by atoms with Crippen LogP contribution in [0.15, 0.2) is 24.3 Å². The van der Waals surface area contributed by atoms with Crippen LogP contribution >= 0.6 is 22.6 Å². The largest absolute Gasteiger partial charge is 0.328 e. The summed E-state index contributed by atoms with van der Waals surface area (Å²) in [5.74, 6) is 0.832. The molecule has 1 aromatic rings. The normalized spacial score (nSPS) is 24.8. The number of benzene rings is 1. The highest BCUT2D eigenvalue weighted by molar-refractivity contribution is 14.1. The van der Waals surface area contributed by atoms with Gasteiger partial charge >= 0.3 is 0 Å². The second kappa shape index (κ2) is 6.71. The Morgan fingerprint density at radius 1 is 1.12 bits per heavy atom. The molecule has 1 aliphatic carbocycles. The summed E-state index contributed by atoms with van der Waals surface area (Å²) in [5, 5.41) is 3.56. The highest BCUT2D eigenvalue weighted by Gasteiger charge is 2.17. The van der Waals surface area contributed by atoms with Crippen LogP contribution in [0.5, 0.6) is 0 Å². The monoisotopic (exact) mass is 344 g/mol. The maximum Gasteiger partial charge on any atom is 0.0205 e. The third-order valence-electron chi connectivity index (χ3n) is 3.57. The van der Waals surface area contributed by atoms with E-state index in [9.17, 15) is 0 Å². The van der Waals surface area contributed by atoms with Gasteiger partial charge in [0.05, 0.1) is 0 Å². The quantitative estimate of drug-likeness (QED) is 0.825. The summed E-state index contributed by atoms with van der Waals surface area (Å²) in [6.07, 6.45) is 4.99. The molecule has 1 saturated carbocycles. The third kappa shape index (κ3) is 4.56. The second-order valence-corrected chi connectivity index (χ2v) is 6.28. The fourth-order valence-electron chi connectivity index (χ4n) is 2.42. The van der Waals surface area contributed by atoms with Gasteiger partial charge in [0.25, 0.3) is 0 Å². The van der Waals surface area contributed by atoms with Crippen molar-refractivity contribution in [3.05, 3.63) is 33.4 Å². The van der Waals surface area contributed by atoms with E-state index >= 15 is 0 Å². The Morgan fingerprint density at radius 3 is 2.41 bits per heavy atom. The first kappa shape index (κ1) is 13.3. The molecule has 1 aromatic carbocycles. The zero-order valence-corrected chi connectivity index (χ0v) is 12.3. The van der Waals surface area contributed by atoms with Crippen LogP contribution in [0.2, 0.25) is 0 Å². The summed E-state index contributed by atoms with van der Waals surface area (Å²) >= 11 is 2.34. The number of nitrogens with two attached hydrogens (primary N) is 1. The van der Waals surface area contributed by atoms with E-state index in [2.05, 4.69) is 52.2 Å². The standard InChI is InChI=1S/C14H21IN2/c15-13-5-1-11(2-6-13)9-17-10-12-3-7-14(16)8-4-12/h1-2,5-6,12,14,17H,3-4,7-10,16H2/t12-,14-. The predicted octanol–water partition coefficient (Wildman–Crippen LogP) is 2.90. The Morgan fingerprint density at radius 2 is 1.76 bits per heavy atom. The van der Waals surface area contributed by atoms with Crippen LogP contribution in [0, 0.1) is 9.49 Å². The smallest absolute Gasteiger partial charge is 0.0205 e. The molecule has 0 atom stereocenters. The number of halogens is 1. The van der Waals surface area contributed by atoms with Gasteiger partial charge in [0.15, 0.2) is 0 Å². The molecular formula is C14H21IN2. The zero-order chi connectivity index (χ0) is 12.1. The van der Waals surface area contributed by atoms with Gasteiger partial charge in [-0.3, -0.25) is 0 Å². The first-order valence-electron chi connectivity index (χ1n) is 6.45. The van der Waals surface area contributed by atoms with Gasteiger partial charge in [0.1, 0.15) is 0 Å². The van der Waals surface area contributed by atoms with Crippen LogP contribution in [-0.4, -0.2) is 12.6 Å². The van der Waals surface area contributed by atoms with Crippen LogP contribution in [-0.2, 0) is 6.54 Å². The summed E-state index contributed by atoms with van der Waals surface area (Å²) in [6, 6.07) is 9.19. The van der Waals surface area contributed by atoms with Crippen molar-refractivity contribution in [2.24, 2.45) is 11.7 Å². The van der Waals surface area contributed by atoms with E-state index in [1.165, 1.54) is 34.8 Å². The van der Waals surface area contributed by atoms with E-state index in [4.69, 9.17) is 5.73 Å². The lowest BCUT2D eigenvalue weighted by molar-refractivity contribution is 0.314. The highest BCUT2D eigenvalue weighted by Crippen LogP contribution is 2.22. The molecule has 17 heavy (non-hydrogen) atoms. The van der Waals surface area contributed by atoms with Crippen molar-refractivity contribution in [2.75, 3.05) is 6.54 Å². The summed E-state index contributed by atoms with van der Waals surface area (Å²) in [6.45, 7) is 2.12. The van der Waals surface area contributed by atoms with Crippen molar-refractivity contribution in [3.8, 4) is 0 Å². The summed E-state index contributed by atoms with van der Waals surface area (Å²) in [7, 11) is 0. The lowest BCUT2D eigenvalue weighted by Crippen LogP contribution is -2.31. The van der Waals surface area contributed by atoms with Gasteiger partial charge in [-0.2, -0.15) is 0 Å². The fourth-order valence-corrected chi connectivity index (χ4v) is 2.77. The molecule has 2 rings (SSSR count). The van der Waals surface area contributed by atoms with Gasteiger partial charge in [-0.1, -0.05) is 12.1 Å². The number of nitrogens with one attached hydrogen (secondary N) is 1. The highest BCUT2D eigenvalue weighted by atomic mass is 127. The molecular weight excluding hydrogens is 323 g/mol. The Bertz CT molecular complexity index is 329. The van der Waals surface area contributed by atoms with Crippen molar-refractivity contribution < 1.29 is 0 Å². The third-order valence-corrected chi connectivity index (χ3v) is 4.29. The molecule has 1 fully saturated rings. The van der Waals surface area contributed by atoms with Crippen molar-refractivity contribution >= 4 is 22.6 Å². The van der Waals surface area contributed by atoms with Crippen LogP contribution in [0.3, 0.4) is 0 Å². The van der Waals surface area contributed by atoms with Crippen molar-refractivity contribution in [1.82, 2.24) is 5.32 Å². The van der Waals surface area contributed by atoms with Gasteiger partial charge in [-0.05, 0) is 78.4 Å². The molecule has 0 amide bonds. The van der Waals surface area contributed by atoms with Crippen molar-refractivity contribution in [3.63, 3.8) is 0 Å². The molecule has 1 aliphatic rings. The molecule has 94 valence electrons. The van der Waals surface area contributed by atoms with Crippen LogP contribution < -0.4 is 11.1 Å². The molecule has 0 unspecified atom stereocenters. The zero-order valence-electron chi connectivity index (χ0n) is 10.2. The molecule has 2 nitrogen and oxygen atoms in total. The maximum absolute atomic E-state index is 5.91. The van der Waals surface area contributed by atoms with E-state index in [1.54, 1.807) is 0 Å². The molecule has 0 spiro atoms. The van der Waals surface area contributed by atoms with E-state index in [0.717, 1.165) is 19.0 Å². The topological polar surface area (TPSA) is 38.0 Å². The van der Waals surface area contributed by atoms with Gasteiger partial charge in [-0.25, -0.2) is 0 Å². The first-order chi connectivity index (χ1) is 8.24. The average Bonchev–Trinajstić information content (AvgIpc) is 2.34. The Labute approximate surface area is 117 Å². The van der Waals surface area contributed by atoms with Gasteiger partial charge in [0, 0.05) is 16.2 Å². The van der Waals surface area contributed by atoms with Crippen LogP contribution in [0.1, 0.15) is 31.2 Å². The molecule has 0 aliphatic heterocycles. The Kier molecular flexibility index (Phi) is 5.25. The van der Waals surface area contributed by atoms with Gasteiger partial charge < -0.3 is 11.1 Å². The fraction of sp³-hybridized carbons (Fsp3) is 0.571. The molecule has 0 bridgehead atoms. The summed E-state index contributed by atoms with van der Waals surface area (Å²) in [4.78, 5) is 0. The maximum atomic E-state index is 5.91. The SMILES string of the molecule is N[C@H]1CC[C@H](CNCc2ccc(I)cc2)CC1. The Balaban J connectivity index is 1.67. The van der Waals surface area contributed by atoms with Gasteiger partial charge in [0.2, 0.25) is 0 Å². The van der Waals surface area contributed by atoms with E-state index in [0.29, 0.717) is 6.04 Å². The number of hydrogen-bond acceptors (Lipinski definition) is 2. The van der Waals surface area contributed by atoms with E-state index in [1.807, 2.05) is 0 Å². The molecule has 3 N–H and O–H groups in total. The van der Waals surface area contributed by atoms with E-state index < -0.39 is 0 Å². The minimum absolute atomic E-state index is 0.461. The van der Waals surface area contributed by atoms with Crippen molar-refractivity contribution in [1.29, 1.82) is 0 Å². The van der Waals surface area contributed by atoms with Crippen LogP contribution in [0.25, 0.3) is 0 Å². The number of rotatable bonds is 4. The molecule has 0 saturated heterocycles. The van der Waals surface area contributed by atoms with Gasteiger partial charge in [-0.15, -0.1) is 0 Å². The Hall–Kier alpha value is -0.130. The first-order valence-corrected chi connectivity index (χ1v) is 7.52. The minimum Gasteiger partial charge on any atom is -0.328 e. The second-order valence-electron chi connectivity index (χ2n) is 5.04. The average molecular weight is 344 g/mol. The molecule has 0 aromatic heterocycles. The minimum atomic E-state index is 0.461. The molecule has 0 radical (unpaired) electrons. The van der Waals surface area contributed by atoms with Crippen LogP contribution in [0.4, 0.5) is 0 Å². The van der Waals surface area contributed by atoms with Crippen molar-refractivity contribution in [2.45, 2.75) is 38.3 Å². The van der Waals surface area contributed by atoms with E-state index in [-0.39, 0.29) is 0 Å². The molecule has 0 heterocycles. The summed E-state index contributed by atoms with van der Waals surface area (Å²) < 4.78 is 1.30.